The summed E-state index contributed by atoms with van der Waals surface area (Å²) < 4.78 is 5.76. The number of ether oxygens (including phenoxy) is 1. The van der Waals surface area contributed by atoms with Gasteiger partial charge in [0.1, 0.15) is 5.75 Å². The minimum atomic E-state index is 0.165. The first-order valence-electron chi connectivity index (χ1n) is 6.18. The molecule has 1 unspecified atom stereocenters. The molecule has 0 spiro atoms. The van der Waals surface area contributed by atoms with Gasteiger partial charge in [-0.3, -0.25) is 4.98 Å². The van der Waals surface area contributed by atoms with Crippen molar-refractivity contribution >= 4 is 0 Å². The summed E-state index contributed by atoms with van der Waals surface area (Å²) in [6, 6.07) is 3.87. The first kappa shape index (κ1) is 14.0. The molecule has 3 heteroatoms. The smallest absolute Gasteiger partial charge is 0.140 e. The molecule has 1 aromatic heterocycles. The SMILES string of the molecule is Cc1ncccc1OCC(C)CNC(C)(C)C. The van der Waals surface area contributed by atoms with Crippen molar-refractivity contribution < 1.29 is 4.74 Å². The molecule has 0 fully saturated rings. The Balaban J connectivity index is 2.34. The third-order valence-electron chi connectivity index (χ3n) is 2.46. The lowest BCUT2D eigenvalue weighted by Crippen LogP contribution is -2.39. The molecule has 3 nitrogen and oxygen atoms in total. The molecule has 17 heavy (non-hydrogen) atoms. The molecule has 96 valence electrons. The van der Waals surface area contributed by atoms with Crippen molar-refractivity contribution in [3.05, 3.63) is 24.0 Å². The van der Waals surface area contributed by atoms with Crippen LogP contribution in [0.15, 0.2) is 18.3 Å². The lowest BCUT2D eigenvalue weighted by atomic mass is 10.1. The molecule has 0 aliphatic rings. The lowest BCUT2D eigenvalue weighted by Gasteiger charge is -2.23. The Kier molecular flexibility index (Phi) is 4.94. The highest BCUT2D eigenvalue weighted by Crippen LogP contribution is 2.14. The second kappa shape index (κ2) is 6.01. The van der Waals surface area contributed by atoms with Crippen molar-refractivity contribution in [3.8, 4) is 5.75 Å². The predicted octanol–water partition coefficient (Wildman–Crippen LogP) is 2.79. The molecule has 0 radical (unpaired) electrons. The van der Waals surface area contributed by atoms with E-state index in [9.17, 15) is 0 Å². The van der Waals surface area contributed by atoms with Gasteiger partial charge in [0.2, 0.25) is 0 Å². The molecule has 1 atom stereocenters. The van der Waals surface area contributed by atoms with Crippen LogP contribution < -0.4 is 10.1 Å². The Labute approximate surface area is 105 Å². The number of pyridine rings is 1. The maximum absolute atomic E-state index is 5.76. The van der Waals surface area contributed by atoms with Crippen LogP contribution in [0.4, 0.5) is 0 Å². The zero-order valence-electron chi connectivity index (χ0n) is 11.6. The Hall–Kier alpha value is -1.09. The molecule has 1 N–H and O–H groups in total. The maximum Gasteiger partial charge on any atom is 0.140 e. The number of aryl methyl sites for hydroxylation is 1. The first-order valence-corrected chi connectivity index (χ1v) is 6.18. The molecule has 1 heterocycles. The van der Waals surface area contributed by atoms with Gasteiger partial charge in [0.15, 0.2) is 0 Å². The largest absolute Gasteiger partial charge is 0.491 e. The normalized spacial score (nSPS) is 13.5. The van der Waals surface area contributed by atoms with E-state index >= 15 is 0 Å². The fraction of sp³-hybridized carbons (Fsp3) is 0.643. The first-order chi connectivity index (χ1) is 7.88. The second-order valence-corrected chi connectivity index (χ2v) is 5.63. The zero-order valence-corrected chi connectivity index (χ0v) is 11.6. The van der Waals surface area contributed by atoms with Crippen LogP contribution in [0, 0.1) is 12.8 Å². The van der Waals surface area contributed by atoms with E-state index in [1.807, 2.05) is 19.1 Å². The molecule has 0 saturated carbocycles. The van der Waals surface area contributed by atoms with Crippen molar-refractivity contribution in [2.45, 2.75) is 40.2 Å². The van der Waals surface area contributed by atoms with Gasteiger partial charge in [-0.25, -0.2) is 0 Å². The third kappa shape index (κ3) is 5.68. The fourth-order valence-corrected chi connectivity index (χ4v) is 1.39. The molecule has 0 bridgehead atoms. The number of nitrogens with zero attached hydrogens (tertiary/aromatic N) is 1. The monoisotopic (exact) mass is 236 g/mol. The van der Waals surface area contributed by atoms with Gasteiger partial charge in [-0.1, -0.05) is 6.92 Å². The molecule has 1 aromatic rings. The number of hydrogen-bond acceptors (Lipinski definition) is 3. The molecule has 1 rings (SSSR count). The Bertz CT molecular complexity index is 344. The van der Waals surface area contributed by atoms with Crippen molar-refractivity contribution in [2.24, 2.45) is 5.92 Å². The second-order valence-electron chi connectivity index (χ2n) is 5.63. The minimum absolute atomic E-state index is 0.165. The molecule has 0 aliphatic heterocycles. The van der Waals surface area contributed by atoms with Crippen LogP contribution in [-0.4, -0.2) is 23.7 Å². The molecular weight excluding hydrogens is 212 g/mol. The zero-order chi connectivity index (χ0) is 12.9. The summed E-state index contributed by atoms with van der Waals surface area (Å²) in [7, 11) is 0. The summed E-state index contributed by atoms with van der Waals surface area (Å²) in [6.07, 6.45) is 1.78. The van der Waals surface area contributed by atoms with Crippen molar-refractivity contribution in [1.82, 2.24) is 10.3 Å². The number of hydrogen-bond donors (Lipinski definition) is 1. The van der Waals surface area contributed by atoms with Gasteiger partial charge in [-0.15, -0.1) is 0 Å². The van der Waals surface area contributed by atoms with E-state index in [-0.39, 0.29) is 5.54 Å². The van der Waals surface area contributed by atoms with E-state index in [2.05, 4.69) is 38.0 Å². The van der Waals surface area contributed by atoms with E-state index in [4.69, 9.17) is 4.74 Å². The fourth-order valence-electron chi connectivity index (χ4n) is 1.39. The molecule has 0 aliphatic carbocycles. The minimum Gasteiger partial charge on any atom is -0.491 e. The molecular formula is C14H24N2O. The van der Waals surface area contributed by atoms with Crippen LogP contribution >= 0.6 is 0 Å². The number of aromatic nitrogens is 1. The van der Waals surface area contributed by atoms with Crippen molar-refractivity contribution in [2.75, 3.05) is 13.2 Å². The highest BCUT2D eigenvalue weighted by Gasteiger charge is 2.11. The average molecular weight is 236 g/mol. The summed E-state index contributed by atoms with van der Waals surface area (Å²) in [5, 5.41) is 3.48. The van der Waals surface area contributed by atoms with E-state index in [1.165, 1.54) is 0 Å². The predicted molar refractivity (Wildman–Crippen MR) is 71.4 cm³/mol. The highest BCUT2D eigenvalue weighted by molar-refractivity contribution is 5.25. The topological polar surface area (TPSA) is 34.1 Å². The van der Waals surface area contributed by atoms with Gasteiger partial charge < -0.3 is 10.1 Å². The van der Waals surface area contributed by atoms with Crippen molar-refractivity contribution in [3.63, 3.8) is 0 Å². The molecule has 0 amide bonds. The average Bonchev–Trinajstić information content (AvgIpc) is 2.24. The van der Waals surface area contributed by atoms with E-state index in [0.29, 0.717) is 5.92 Å². The van der Waals surface area contributed by atoms with Crippen molar-refractivity contribution in [1.29, 1.82) is 0 Å². The van der Waals surface area contributed by atoms with Gasteiger partial charge in [0, 0.05) is 24.2 Å². The number of rotatable bonds is 5. The van der Waals surface area contributed by atoms with Gasteiger partial charge in [0.05, 0.1) is 12.3 Å². The molecule has 0 aromatic carbocycles. The Morgan fingerprint density at radius 1 is 1.41 bits per heavy atom. The summed E-state index contributed by atoms with van der Waals surface area (Å²) in [5.41, 5.74) is 1.11. The molecule has 0 saturated heterocycles. The third-order valence-corrected chi connectivity index (χ3v) is 2.46. The van der Waals surface area contributed by atoms with Crippen LogP contribution in [0.3, 0.4) is 0 Å². The van der Waals surface area contributed by atoms with Crippen LogP contribution in [0.2, 0.25) is 0 Å². The van der Waals surface area contributed by atoms with Gasteiger partial charge in [-0.05, 0) is 39.8 Å². The quantitative estimate of drug-likeness (QED) is 0.853. The van der Waals surface area contributed by atoms with Gasteiger partial charge in [0.25, 0.3) is 0 Å². The standard InChI is InChI=1S/C14H24N2O/c1-11(9-16-14(3,4)5)10-17-13-7-6-8-15-12(13)2/h6-8,11,16H,9-10H2,1-5H3. The maximum atomic E-state index is 5.76. The number of nitrogens with one attached hydrogen (secondary N) is 1. The van der Waals surface area contributed by atoms with E-state index in [1.54, 1.807) is 6.20 Å². The van der Waals surface area contributed by atoms with Crippen LogP contribution in [-0.2, 0) is 0 Å². The van der Waals surface area contributed by atoms with E-state index in [0.717, 1.165) is 24.6 Å². The van der Waals surface area contributed by atoms with Crippen LogP contribution in [0.1, 0.15) is 33.4 Å². The Morgan fingerprint density at radius 3 is 2.71 bits per heavy atom. The Morgan fingerprint density at radius 2 is 2.12 bits per heavy atom. The van der Waals surface area contributed by atoms with E-state index < -0.39 is 0 Å². The summed E-state index contributed by atoms with van der Waals surface area (Å²) >= 11 is 0. The highest BCUT2D eigenvalue weighted by atomic mass is 16.5. The summed E-state index contributed by atoms with van der Waals surface area (Å²) in [4.78, 5) is 4.20. The summed E-state index contributed by atoms with van der Waals surface area (Å²) in [6.45, 7) is 12.3. The van der Waals surface area contributed by atoms with Gasteiger partial charge >= 0.3 is 0 Å². The van der Waals surface area contributed by atoms with Crippen LogP contribution in [0.5, 0.6) is 5.75 Å². The van der Waals surface area contributed by atoms with Crippen LogP contribution in [0.25, 0.3) is 0 Å². The lowest BCUT2D eigenvalue weighted by molar-refractivity contribution is 0.242. The van der Waals surface area contributed by atoms with Gasteiger partial charge in [-0.2, -0.15) is 0 Å². The summed E-state index contributed by atoms with van der Waals surface area (Å²) in [5.74, 6) is 1.36.